The Morgan fingerprint density at radius 3 is 2.58 bits per heavy atom. The monoisotopic (exact) mass is 358 g/mol. The number of carbonyl (C=O) groups excluding carboxylic acids is 1. The molecule has 140 valence electrons. The maximum Gasteiger partial charge on any atom is 0.266 e. The lowest BCUT2D eigenvalue weighted by molar-refractivity contribution is -0.121. The van der Waals surface area contributed by atoms with Crippen molar-refractivity contribution in [1.29, 1.82) is 0 Å². The van der Waals surface area contributed by atoms with E-state index in [1.165, 1.54) is 10.7 Å². The molecule has 0 fully saturated rings. The average Bonchev–Trinajstić information content (AvgIpc) is 2.63. The molecule has 0 unspecified atom stereocenters. The van der Waals surface area contributed by atoms with Crippen molar-refractivity contribution in [1.82, 2.24) is 20.0 Å². The van der Waals surface area contributed by atoms with Crippen LogP contribution in [0.5, 0.6) is 5.75 Å². The standard InChI is InChI=1S/C19H26N4O3/c1-22(2)14-12-20-18(24)5-4-13-23-19(25)11-10-17(21-23)15-6-8-16(26-3)9-7-15/h6-11H,4-5,12-14H2,1-3H3,(H,20,24). The highest BCUT2D eigenvalue weighted by molar-refractivity contribution is 5.75. The summed E-state index contributed by atoms with van der Waals surface area (Å²) in [6.45, 7) is 1.83. The Balaban J connectivity index is 1.93. The van der Waals surface area contributed by atoms with Gasteiger partial charge in [0.25, 0.3) is 5.56 Å². The van der Waals surface area contributed by atoms with Crippen LogP contribution in [0, 0.1) is 0 Å². The van der Waals surface area contributed by atoms with Gasteiger partial charge in [0.05, 0.1) is 12.8 Å². The fourth-order valence-electron chi connectivity index (χ4n) is 2.42. The maximum atomic E-state index is 12.0. The predicted molar refractivity (Wildman–Crippen MR) is 101 cm³/mol. The van der Waals surface area contributed by atoms with Crippen LogP contribution in [0.25, 0.3) is 11.3 Å². The van der Waals surface area contributed by atoms with E-state index in [1.807, 2.05) is 43.3 Å². The predicted octanol–water partition coefficient (Wildman–Crippen LogP) is 1.38. The number of hydrogen-bond acceptors (Lipinski definition) is 5. The summed E-state index contributed by atoms with van der Waals surface area (Å²) in [6, 6.07) is 10.7. The zero-order valence-electron chi connectivity index (χ0n) is 15.6. The molecule has 1 aromatic heterocycles. The van der Waals surface area contributed by atoms with Crippen molar-refractivity contribution < 1.29 is 9.53 Å². The Morgan fingerprint density at radius 1 is 1.19 bits per heavy atom. The third-order valence-electron chi connectivity index (χ3n) is 3.91. The van der Waals surface area contributed by atoms with Crippen LogP contribution in [0.4, 0.5) is 0 Å². The van der Waals surface area contributed by atoms with Gasteiger partial charge in [-0.3, -0.25) is 9.59 Å². The molecular formula is C19H26N4O3. The van der Waals surface area contributed by atoms with Crippen LogP contribution in [-0.2, 0) is 11.3 Å². The molecule has 1 N–H and O–H groups in total. The summed E-state index contributed by atoms with van der Waals surface area (Å²) in [5.74, 6) is 0.758. The summed E-state index contributed by atoms with van der Waals surface area (Å²) in [7, 11) is 5.53. The number of nitrogens with zero attached hydrogens (tertiary/aromatic N) is 3. The van der Waals surface area contributed by atoms with Gasteiger partial charge in [-0.25, -0.2) is 4.68 Å². The number of amides is 1. The minimum absolute atomic E-state index is 0.00814. The van der Waals surface area contributed by atoms with Gasteiger partial charge in [-0.05, 0) is 50.8 Å². The lowest BCUT2D eigenvalue weighted by Gasteiger charge is -2.10. The van der Waals surface area contributed by atoms with Crippen molar-refractivity contribution in [3.63, 3.8) is 0 Å². The lowest BCUT2D eigenvalue weighted by Crippen LogP contribution is -2.31. The summed E-state index contributed by atoms with van der Waals surface area (Å²) in [5, 5.41) is 7.27. The van der Waals surface area contributed by atoms with Gasteiger partial charge in [-0.15, -0.1) is 0 Å². The molecule has 2 rings (SSSR count). The summed E-state index contributed by atoms with van der Waals surface area (Å²) < 4.78 is 6.56. The zero-order chi connectivity index (χ0) is 18.9. The second kappa shape index (κ2) is 9.72. The number of methoxy groups -OCH3 is 1. The number of ether oxygens (including phenoxy) is 1. The van der Waals surface area contributed by atoms with Crippen molar-refractivity contribution in [3.8, 4) is 17.0 Å². The quantitative estimate of drug-likeness (QED) is 0.733. The first-order valence-electron chi connectivity index (χ1n) is 8.63. The van der Waals surface area contributed by atoms with E-state index in [4.69, 9.17) is 4.74 Å². The molecule has 7 heteroatoms. The van der Waals surface area contributed by atoms with Gasteiger partial charge in [0.1, 0.15) is 5.75 Å². The molecule has 0 atom stereocenters. The number of carbonyl (C=O) groups is 1. The highest BCUT2D eigenvalue weighted by atomic mass is 16.5. The van der Waals surface area contributed by atoms with E-state index >= 15 is 0 Å². The number of aromatic nitrogens is 2. The Bertz CT molecular complexity index is 769. The Morgan fingerprint density at radius 2 is 1.92 bits per heavy atom. The van der Waals surface area contributed by atoms with Crippen LogP contribution in [0.15, 0.2) is 41.2 Å². The summed E-state index contributed by atoms with van der Waals surface area (Å²) in [6.07, 6.45) is 0.932. The first-order chi connectivity index (χ1) is 12.5. The van der Waals surface area contributed by atoms with Gasteiger partial charge < -0.3 is 15.0 Å². The minimum atomic E-state index is -0.171. The number of benzene rings is 1. The first kappa shape index (κ1) is 19.7. The van der Waals surface area contributed by atoms with E-state index in [2.05, 4.69) is 10.4 Å². The Labute approximate surface area is 153 Å². The normalized spacial score (nSPS) is 10.8. The molecule has 0 saturated carbocycles. The number of nitrogens with one attached hydrogen (secondary N) is 1. The van der Waals surface area contributed by atoms with E-state index in [9.17, 15) is 9.59 Å². The lowest BCUT2D eigenvalue weighted by atomic mass is 10.1. The van der Waals surface area contributed by atoms with E-state index in [0.29, 0.717) is 31.6 Å². The Hall–Kier alpha value is -2.67. The van der Waals surface area contributed by atoms with Gasteiger partial charge >= 0.3 is 0 Å². The number of rotatable bonds is 9. The minimum Gasteiger partial charge on any atom is -0.497 e. The number of likely N-dealkylation sites (N-methyl/N-ethyl adjacent to an activating group) is 1. The molecule has 0 saturated heterocycles. The van der Waals surface area contributed by atoms with Crippen molar-refractivity contribution in [2.45, 2.75) is 19.4 Å². The van der Waals surface area contributed by atoms with Crippen LogP contribution < -0.4 is 15.6 Å². The van der Waals surface area contributed by atoms with Gasteiger partial charge in [-0.2, -0.15) is 5.10 Å². The highest BCUT2D eigenvalue weighted by Crippen LogP contribution is 2.19. The summed E-state index contributed by atoms with van der Waals surface area (Å²) >= 11 is 0. The van der Waals surface area contributed by atoms with Crippen molar-refractivity contribution >= 4 is 5.91 Å². The van der Waals surface area contributed by atoms with Crippen molar-refractivity contribution in [3.05, 3.63) is 46.8 Å². The van der Waals surface area contributed by atoms with Crippen LogP contribution in [0.2, 0.25) is 0 Å². The van der Waals surface area contributed by atoms with Gasteiger partial charge in [0.2, 0.25) is 5.91 Å². The second-order valence-electron chi connectivity index (χ2n) is 6.27. The van der Waals surface area contributed by atoms with Gasteiger partial charge in [-0.1, -0.05) is 0 Å². The largest absolute Gasteiger partial charge is 0.497 e. The third-order valence-corrected chi connectivity index (χ3v) is 3.91. The second-order valence-corrected chi connectivity index (χ2v) is 6.27. The molecule has 2 aromatic rings. The zero-order valence-corrected chi connectivity index (χ0v) is 15.6. The summed E-state index contributed by atoms with van der Waals surface area (Å²) in [5.41, 5.74) is 1.44. The number of aryl methyl sites for hydroxylation is 1. The average molecular weight is 358 g/mol. The van der Waals surface area contributed by atoms with E-state index in [0.717, 1.165) is 17.9 Å². The first-order valence-corrected chi connectivity index (χ1v) is 8.63. The smallest absolute Gasteiger partial charge is 0.266 e. The molecular weight excluding hydrogens is 332 g/mol. The molecule has 0 radical (unpaired) electrons. The molecule has 1 aromatic carbocycles. The number of hydrogen-bond donors (Lipinski definition) is 1. The molecule has 26 heavy (non-hydrogen) atoms. The Kier molecular flexibility index (Phi) is 7.35. The SMILES string of the molecule is COc1ccc(-c2ccc(=O)n(CCCC(=O)NCCN(C)C)n2)cc1. The van der Waals surface area contributed by atoms with Gasteiger partial charge in [0.15, 0.2) is 0 Å². The highest BCUT2D eigenvalue weighted by Gasteiger charge is 2.06. The maximum absolute atomic E-state index is 12.0. The van der Waals surface area contributed by atoms with E-state index in [-0.39, 0.29) is 11.5 Å². The molecule has 0 aliphatic rings. The van der Waals surface area contributed by atoms with Gasteiger partial charge in [0, 0.05) is 37.7 Å². The van der Waals surface area contributed by atoms with E-state index < -0.39 is 0 Å². The fraction of sp³-hybridized carbons (Fsp3) is 0.421. The van der Waals surface area contributed by atoms with Crippen LogP contribution in [-0.4, -0.2) is 54.9 Å². The van der Waals surface area contributed by atoms with Crippen LogP contribution in [0.1, 0.15) is 12.8 Å². The molecule has 1 amide bonds. The van der Waals surface area contributed by atoms with Crippen LogP contribution in [0.3, 0.4) is 0 Å². The third kappa shape index (κ3) is 6.00. The molecule has 1 heterocycles. The molecule has 0 spiro atoms. The molecule has 0 bridgehead atoms. The fourth-order valence-corrected chi connectivity index (χ4v) is 2.42. The summed E-state index contributed by atoms with van der Waals surface area (Å²) in [4.78, 5) is 25.8. The molecule has 0 aliphatic carbocycles. The topological polar surface area (TPSA) is 76.5 Å². The molecule has 0 aliphatic heterocycles. The van der Waals surface area contributed by atoms with Crippen molar-refractivity contribution in [2.75, 3.05) is 34.3 Å². The van der Waals surface area contributed by atoms with E-state index in [1.54, 1.807) is 13.2 Å². The molecule has 7 nitrogen and oxygen atoms in total. The van der Waals surface area contributed by atoms with Crippen molar-refractivity contribution in [2.24, 2.45) is 0 Å². The van der Waals surface area contributed by atoms with Crippen LogP contribution >= 0.6 is 0 Å².